The van der Waals surface area contributed by atoms with E-state index in [-0.39, 0.29) is 31.6 Å². The van der Waals surface area contributed by atoms with Crippen LogP contribution in [0.15, 0.2) is 47.8 Å². The number of aromatic nitrogens is 1. The fourth-order valence-electron chi connectivity index (χ4n) is 8.27. The molecule has 3 heterocycles. The SMILES string of the molecule is CC[C@@H]1OC(=O)[C@H](C)C(=O)[C@H](C)[C@@H](O[C@@H]2O[C@H](C)C[C@H](N(C)C)[C@H]2O)[C@@](C)(OC/C=C/c2cnc3ccccc3c2)C[C@@H](C)/C(=N\OC)[C@@H](C)[C@@H](O)[C@]1(C)O. The standard InChI is InChI=1S/C42H63N3O10/c1-12-33-42(8,50)37(48)26(4)34(44-51-11)24(2)22-41(7,52-19-15-16-29-21-30-17-13-14-18-31(30)43-23-29)38(27(5)35(46)28(6)39(49)54-33)55-40-36(47)32(45(9)10)20-25(3)53-40/h13-18,21,23-28,32-33,36-38,40,47-48,50H,12,19-20,22H2,1-11H3/b16-15+,44-34+/t24-,25-,26-,27+,28-,32+,33+,36-,37-,38-,40+,41+,42-/m1/s1. The molecule has 0 unspecified atom stereocenters. The van der Waals surface area contributed by atoms with Gasteiger partial charge in [-0.15, -0.1) is 0 Å². The van der Waals surface area contributed by atoms with Gasteiger partial charge in [0.1, 0.15) is 30.8 Å². The summed E-state index contributed by atoms with van der Waals surface area (Å²) in [6.45, 7) is 13.7. The predicted molar refractivity (Wildman–Crippen MR) is 210 cm³/mol. The number of likely N-dealkylation sites (N-methyl/N-ethyl adjacent to an activating group) is 1. The molecule has 4 rings (SSSR count). The van der Waals surface area contributed by atoms with Crippen molar-refractivity contribution < 1.29 is 48.7 Å². The first-order chi connectivity index (χ1) is 25.9. The molecule has 2 aliphatic heterocycles. The summed E-state index contributed by atoms with van der Waals surface area (Å²) < 4.78 is 25.6. The lowest BCUT2D eigenvalue weighted by Crippen LogP contribution is -2.60. The summed E-state index contributed by atoms with van der Waals surface area (Å²) in [5.41, 5.74) is -1.04. The summed E-state index contributed by atoms with van der Waals surface area (Å²) in [4.78, 5) is 39.8. The van der Waals surface area contributed by atoms with Gasteiger partial charge in [-0.1, -0.05) is 63.2 Å². The quantitative estimate of drug-likeness (QED) is 0.182. The molecular formula is C42H63N3O10. The number of para-hydroxylation sites is 1. The van der Waals surface area contributed by atoms with E-state index in [1.807, 2.05) is 82.3 Å². The van der Waals surface area contributed by atoms with Crippen LogP contribution in [0.25, 0.3) is 17.0 Å². The van der Waals surface area contributed by atoms with Crippen LogP contribution in [0.4, 0.5) is 0 Å². The van der Waals surface area contributed by atoms with Gasteiger partial charge in [-0.3, -0.25) is 14.6 Å². The van der Waals surface area contributed by atoms with E-state index in [2.05, 4.69) is 10.1 Å². The molecule has 2 aliphatic rings. The second kappa shape index (κ2) is 18.8. The van der Waals surface area contributed by atoms with Gasteiger partial charge in [0.25, 0.3) is 0 Å². The van der Waals surface area contributed by atoms with Crippen LogP contribution >= 0.6 is 0 Å². The predicted octanol–water partition coefficient (Wildman–Crippen LogP) is 4.79. The number of Topliss-reactive ketones (excluding diaryl/α,β-unsaturated/α-hetero) is 1. The number of carbonyl (C=O) groups is 2. The number of carbonyl (C=O) groups excluding carboxylic acids is 2. The Morgan fingerprint density at radius 3 is 2.42 bits per heavy atom. The fraction of sp³-hybridized carbons (Fsp3) is 0.667. The normalized spacial score (nSPS) is 38.0. The Balaban J connectivity index is 1.83. The summed E-state index contributed by atoms with van der Waals surface area (Å²) in [7, 11) is 5.16. The number of nitrogens with zero attached hydrogens (tertiary/aromatic N) is 3. The number of aliphatic hydroxyl groups excluding tert-OH is 2. The first-order valence-electron chi connectivity index (χ1n) is 19.4. The van der Waals surface area contributed by atoms with Crippen molar-refractivity contribution in [1.29, 1.82) is 0 Å². The summed E-state index contributed by atoms with van der Waals surface area (Å²) in [5, 5.41) is 40.3. The number of fused-ring (bicyclic) bond motifs is 1. The van der Waals surface area contributed by atoms with Crippen molar-refractivity contribution >= 4 is 34.4 Å². The van der Waals surface area contributed by atoms with Gasteiger partial charge in [0, 0.05) is 35.4 Å². The zero-order valence-electron chi connectivity index (χ0n) is 34.3. The molecule has 13 atom stereocenters. The molecule has 13 heteroatoms. The number of ketones is 1. The minimum atomic E-state index is -1.90. The molecule has 306 valence electrons. The Labute approximate surface area is 326 Å². The number of benzene rings is 1. The Morgan fingerprint density at radius 2 is 1.76 bits per heavy atom. The van der Waals surface area contributed by atoms with Crippen LogP contribution in [0.2, 0.25) is 0 Å². The largest absolute Gasteiger partial charge is 0.459 e. The lowest BCUT2D eigenvalue weighted by atomic mass is 9.74. The van der Waals surface area contributed by atoms with Crippen molar-refractivity contribution in [2.75, 3.05) is 27.8 Å². The van der Waals surface area contributed by atoms with E-state index in [1.54, 1.807) is 27.0 Å². The van der Waals surface area contributed by atoms with Gasteiger partial charge < -0.3 is 44.0 Å². The monoisotopic (exact) mass is 769 g/mol. The minimum Gasteiger partial charge on any atom is -0.459 e. The molecule has 13 nitrogen and oxygen atoms in total. The third kappa shape index (κ3) is 10.2. The molecule has 0 saturated carbocycles. The van der Waals surface area contributed by atoms with E-state index in [1.165, 1.54) is 21.0 Å². The van der Waals surface area contributed by atoms with E-state index in [9.17, 15) is 24.9 Å². The number of ether oxygens (including phenoxy) is 4. The summed E-state index contributed by atoms with van der Waals surface area (Å²) >= 11 is 0. The Hall–Kier alpha value is -3.30. The van der Waals surface area contributed by atoms with Crippen molar-refractivity contribution in [1.82, 2.24) is 9.88 Å². The molecule has 55 heavy (non-hydrogen) atoms. The Bertz CT molecular complexity index is 1660. The van der Waals surface area contributed by atoms with Gasteiger partial charge in [0.05, 0.1) is 41.7 Å². The second-order valence-corrected chi connectivity index (χ2v) is 16.1. The summed E-state index contributed by atoms with van der Waals surface area (Å²) in [6, 6.07) is 9.57. The maximum absolute atomic E-state index is 14.4. The third-order valence-electron chi connectivity index (χ3n) is 11.5. The highest BCUT2D eigenvalue weighted by Crippen LogP contribution is 2.39. The zero-order valence-corrected chi connectivity index (χ0v) is 34.3. The summed E-state index contributed by atoms with van der Waals surface area (Å²) in [6.07, 6.45) is 0.330. The van der Waals surface area contributed by atoms with Gasteiger partial charge in [-0.2, -0.15) is 0 Å². The van der Waals surface area contributed by atoms with Crippen LogP contribution in [0.5, 0.6) is 0 Å². The van der Waals surface area contributed by atoms with Gasteiger partial charge >= 0.3 is 5.97 Å². The second-order valence-electron chi connectivity index (χ2n) is 16.1. The van der Waals surface area contributed by atoms with Crippen molar-refractivity contribution in [3.63, 3.8) is 0 Å². The van der Waals surface area contributed by atoms with E-state index in [4.69, 9.17) is 23.8 Å². The van der Waals surface area contributed by atoms with E-state index in [0.29, 0.717) is 12.1 Å². The van der Waals surface area contributed by atoms with E-state index in [0.717, 1.165) is 16.5 Å². The van der Waals surface area contributed by atoms with Crippen LogP contribution < -0.4 is 0 Å². The minimum absolute atomic E-state index is 0.0844. The average Bonchev–Trinajstić information content (AvgIpc) is 3.15. The van der Waals surface area contributed by atoms with Crippen LogP contribution in [0.3, 0.4) is 0 Å². The maximum atomic E-state index is 14.4. The molecule has 0 aliphatic carbocycles. The zero-order chi connectivity index (χ0) is 40.8. The summed E-state index contributed by atoms with van der Waals surface area (Å²) in [5.74, 6) is -4.81. The number of rotatable bonds is 9. The first kappa shape index (κ1) is 44.4. The molecule has 0 spiro atoms. The maximum Gasteiger partial charge on any atom is 0.316 e. The number of aliphatic hydroxyl groups is 3. The highest BCUT2D eigenvalue weighted by Gasteiger charge is 2.52. The highest BCUT2D eigenvalue weighted by molar-refractivity contribution is 6.00. The molecule has 1 aromatic carbocycles. The van der Waals surface area contributed by atoms with Crippen molar-refractivity contribution in [3.8, 4) is 0 Å². The molecule has 2 fully saturated rings. The van der Waals surface area contributed by atoms with Crippen LogP contribution in [0.1, 0.15) is 80.2 Å². The Kier molecular flexibility index (Phi) is 15.2. The van der Waals surface area contributed by atoms with Crippen LogP contribution in [0, 0.1) is 23.7 Å². The Morgan fingerprint density at radius 1 is 1.07 bits per heavy atom. The van der Waals surface area contributed by atoms with Crippen molar-refractivity contribution in [2.24, 2.45) is 28.8 Å². The van der Waals surface area contributed by atoms with Gasteiger partial charge in [0.2, 0.25) is 0 Å². The molecule has 3 N–H and O–H groups in total. The molecule has 0 amide bonds. The molecule has 0 bridgehead atoms. The van der Waals surface area contributed by atoms with Crippen molar-refractivity contribution in [2.45, 2.75) is 129 Å². The van der Waals surface area contributed by atoms with Gasteiger partial charge in [-0.25, -0.2) is 0 Å². The van der Waals surface area contributed by atoms with Gasteiger partial charge in [-0.05, 0) is 78.7 Å². The number of cyclic esters (lactones) is 1. The number of hydrogen-bond acceptors (Lipinski definition) is 13. The molecule has 0 radical (unpaired) electrons. The molecule has 2 saturated heterocycles. The number of esters is 1. The highest BCUT2D eigenvalue weighted by atomic mass is 16.7. The lowest BCUT2D eigenvalue weighted by molar-refractivity contribution is -0.296. The third-order valence-corrected chi connectivity index (χ3v) is 11.5. The van der Waals surface area contributed by atoms with E-state index >= 15 is 0 Å². The molecular weight excluding hydrogens is 706 g/mol. The molecule has 2 aromatic rings. The van der Waals surface area contributed by atoms with Crippen LogP contribution in [-0.2, 0) is 33.4 Å². The number of oxime groups is 1. The fourth-order valence-corrected chi connectivity index (χ4v) is 8.27. The topological polar surface area (TPSA) is 169 Å². The van der Waals surface area contributed by atoms with Crippen molar-refractivity contribution in [3.05, 3.63) is 48.2 Å². The number of hydrogen-bond donors (Lipinski definition) is 3. The molecule has 1 aromatic heterocycles. The first-order valence-corrected chi connectivity index (χ1v) is 19.4. The van der Waals surface area contributed by atoms with E-state index < -0.39 is 77.3 Å². The van der Waals surface area contributed by atoms with Gasteiger partial charge in [0.15, 0.2) is 12.1 Å². The van der Waals surface area contributed by atoms with Crippen LogP contribution in [-0.4, -0.2) is 125 Å². The lowest BCUT2D eigenvalue weighted by Gasteiger charge is -2.47. The number of pyridine rings is 1. The average molecular weight is 770 g/mol. The smallest absolute Gasteiger partial charge is 0.316 e.